The van der Waals surface area contributed by atoms with Crippen molar-refractivity contribution >= 4 is 0 Å². The monoisotopic (exact) mass is 275 g/mol. The zero-order valence-corrected chi connectivity index (χ0v) is 13.0. The van der Waals surface area contributed by atoms with Crippen molar-refractivity contribution in [3.8, 4) is 0 Å². The third-order valence-electron chi connectivity index (χ3n) is 5.12. The Kier molecular flexibility index (Phi) is 5.55. The van der Waals surface area contributed by atoms with Gasteiger partial charge in [-0.15, -0.1) is 0 Å². The van der Waals surface area contributed by atoms with Gasteiger partial charge in [-0.25, -0.2) is 0 Å². The molecule has 1 aromatic heterocycles. The predicted molar refractivity (Wildman–Crippen MR) is 84.6 cm³/mol. The summed E-state index contributed by atoms with van der Waals surface area (Å²) >= 11 is 0. The van der Waals surface area contributed by atoms with Gasteiger partial charge in [0.1, 0.15) is 0 Å². The summed E-state index contributed by atoms with van der Waals surface area (Å²) in [4.78, 5) is 6.92. The molecular formula is C17H29N3. The highest BCUT2D eigenvalue weighted by Gasteiger charge is 2.37. The highest BCUT2D eigenvalue weighted by molar-refractivity contribution is 5.04. The van der Waals surface area contributed by atoms with Crippen LogP contribution in [0.3, 0.4) is 0 Å². The Hall–Kier alpha value is -0.930. The van der Waals surface area contributed by atoms with Crippen LogP contribution in [0, 0.1) is 5.92 Å². The molecule has 0 bridgehead atoms. The fourth-order valence-electron chi connectivity index (χ4n) is 3.56. The molecule has 112 valence electrons. The molecular weight excluding hydrogens is 246 g/mol. The van der Waals surface area contributed by atoms with Crippen LogP contribution < -0.4 is 5.73 Å². The van der Waals surface area contributed by atoms with Crippen molar-refractivity contribution in [2.24, 2.45) is 11.7 Å². The first-order valence-corrected chi connectivity index (χ1v) is 8.01. The fraction of sp³-hybridized carbons (Fsp3) is 0.706. The van der Waals surface area contributed by atoms with Crippen LogP contribution in [0.1, 0.15) is 44.7 Å². The molecule has 3 heteroatoms. The molecule has 2 rings (SSSR count). The number of aromatic nitrogens is 1. The molecule has 1 aromatic rings. The first-order chi connectivity index (χ1) is 9.70. The lowest BCUT2D eigenvalue weighted by Crippen LogP contribution is -2.55. The summed E-state index contributed by atoms with van der Waals surface area (Å²) in [5.74, 6) is 0.851. The predicted octanol–water partition coefficient (Wildman–Crippen LogP) is 2.85. The number of rotatable bonds is 6. The Morgan fingerprint density at radius 2 is 2.30 bits per heavy atom. The average Bonchev–Trinajstić information content (AvgIpc) is 2.53. The molecule has 0 spiro atoms. The number of nitrogens with two attached hydrogens (primary N) is 1. The van der Waals surface area contributed by atoms with E-state index in [0.29, 0.717) is 0 Å². The van der Waals surface area contributed by atoms with Crippen LogP contribution in [0.25, 0.3) is 0 Å². The standard InChI is InChI=1S/C17H29N3/c1-3-15-7-6-10-17(13-15,14-18)20(2)12-9-16-8-4-5-11-19-16/h4-5,8,11,15H,3,6-7,9-10,12-14,18H2,1-2H3. The lowest BCUT2D eigenvalue weighted by molar-refractivity contribution is 0.0571. The van der Waals surface area contributed by atoms with Gasteiger partial charge in [0.15, 0.2) is 0 Å². The van der Waals surface area contributed by atoms with Gasteiger partial charge in [0.05, 0.1) is 0 Å². The van der Waals surface area contributed by atoms with Crippen LogP contribution in [0.4, 0.5) is 0 Å². The van der Waals surface area contributed by atoms with Gasteiger partial charge < -0.3 is 5.73 Å². The lowest BCUT2D eigenvalue weighted by atomic mass is 9.73. The molecule has 2 atom stereocenters. The van der Waals surface area contributed by atoms with E-state index in [1.165, 1.54) is 37.8 Å². The molecule has 0 amide bonds. The summed E-state index contributed by atoms with van der Waals surface area (Å²) in [5, 5.41) is 0. The first-order valence-electron chi connectivity index (χ1n) is 8.01. The van der Waals surface area contributed by atoms with Crippen molar-refractivity contribution in [2.45, 2.75) is 51.0 Å². The minimum absolute atomic E-state index is 0.216. The number of hydrogen-bond donors (Lipinski definition) is 1. The first kappa shape index (κ1) is 15.5. The second-order valence-corrected chi connectivity index (χ2v) is 6.29. The van der Waals surface area contributed by atoms with E-state index >= 15 is 0 Å². The number of nitrogens with zero attached hydrogens (tertiary/aromatic N) is 2. The topological polar surface area (TPSA) is 42.1 Å². The maximum absolute atomic E-state index is 6.17. The number of likely N-dealkylation sites (N-methyl/N-ethyl adjacent to an activating group) is 1. The van der Waals surface area contributed by atoms with E-state index in [-0.39, 0.29) is 5.54 Å². The Morgan fingerprint density at radius 1 is 1.45 bits per heavy atom. The van der Waals surface area contributed by atoms with E-state index in [9.17, 15) is 0 Å². The Labute approximate surface area is 123 Å². The van der Waals surface area contributed by atoms with Gasteiger partial charge in [0, 0.05) is 36.9 Å². The maximum Gasteiger partial charge on any atom is 0.0416 e. The van der Waals surface area contributed by atoms with Crippen LogP contribution in [-0.2, 0) is 6.42 Å². The van der Waals surface area contributed by atoms with Crippen LogP contribution in [0.2, 0.25) is 0 Å². The molecule has 0 aliphatic heterocycles. The average molecular weight is 275 g/mol. The molecule has 1 saturated carbocycles. The lowest BCUT2D eigenvalue weighted by Gasteiger charge is -2.46. The van der Waals surface area contributed by atoms with Gasteiger partial charge in [0.2, 0.25) is 0 Å². The summed E-state index contributed by atoms with van der Waals surface area (Å²) in [6.45, 7) is 4.14. The largest absolute Gasteiger partial charge is 0.329 e. The van der Waals surface area contributed by atoms with Crippen molar-refractivity contribution in [3.05, 3.63) is 30.1 Å². The number of hydrogen-bond acceptors (Lipinski definition) is 3. The molecule has 20 heavy (non-hydrogen) atoms. The van der Waals surface area contributed by atoms with Crippen molar-refractivity contribution in [1.82, 2.24) is 9.88 Å². The van der Waals surface area contributed by atoms with Gasteiger partial charge in [0.25, 0.3) is 0 Å². The molecule has 0 saturated heterocycles. The number of pyridine rings is 1. The summed E-state index contributed by atoms with van der Waals surface area (Å²) in [6, 6.07) is 6.15. The van der Waals surface area contributed by atoms with Crippen molar-refractivity contribution in [2.75, 3.05) is 20.1 Å². The van der Waals surface area contributed by atoms with E-state index in [0.717, 1.165) is 25.4 Å². The second kappa shape index (κ2) is 7.19. The minimum Gasteiger partial charge on any atom is -0.329 e. The third kappa shape index (κ3) is 3.58. The molecule has 2 unspecified atom stereocenters. The molecule has 0 radical (unpaired) electrons. The molecule has 2 N–H and O–H groups in total. The zero-order valence-electron chi connectivity index (χ0n) is 13.0. The Bertz CT molecular complexity index is 392. The third-order valence-corrected chi connectivity index (χ3v) is 5.12. The van der Waals surface area contributed by atoms with Crippen LogP contribution >= 0.6 is 0 Å². The normalized spacial score (nSPS) is 26.9. The fourth-order valence-corrected chi connectivity index (χ4v) is 3.56. The van der Waals surface area contributed by atoms with Gasteiger partial charge >= 0.3 is 0 Å². The van der Waals surface area contributed by atoms with E-state index in [1.54, 1.807) is 0 Å². The maximum atomic E-state index is 6.17. The Morgan fingerprint density at radius 3 is 2.95 bits per heavy atom. The smallest absolute Gasteiger partial charge is 0.0416 e. The van der Waals surface area contributed by atoms with E-state index in [2.05, 4.69) is 36.0 Å². The molecule has 1 heterocycles. The van der Waals surface area contributed by atoms with Gasteiger partial charge in [-0.3, -0.25) is 9.88 Å². The molecule has 3 nitrogen and oxygen atoms in total. The summed E-state index contributed by atoms with van der Waals surface area (Å²) in [7, 11) is 2.24. The minimum atomic E-state index is 0.216. The zero-order chi connectivity index (χ0) is 14.4. The van der Waals surface area contributed by atoms with E-state index < -0.39 is 0 Å². The SMILES string of the molecule is CCC1CCCC(CN)(N(C)CCc2ccccn2)C1. The molecule has 1 aliphatic carbocycles. The molecule has 1 fully saturated rings. The van der Waals surface area contributed by atoms with Crippen LogP contribution in [0.15, 0.2) is 24.4 Å². The van der Waals surface area contributed by atoms with Gasteiger partial charge in [-0.2, -0.15) is 0 Å². The summed E-state index contributed by atoms with van der Waals surface area (Å²) in [5.41, 5.74) is 7.56. The summed E-state index contributed by atoms with van der Waals surface area (Å²) < 4.78 is 0. The van der Waals surface area contributed by atoms with Crippen molar-refractivity contribution in [1.29, 1.82) is 0 Å². The summed E-state index contributed by atoms with van der Waals surface area (Å²) in [6.07, 6.45) is 9.39. The van der Waals surface area contributed by atoms with Crippen molar-refractivity contribution in [3.63, 3.8) is 0 Å². The molecule has 0 aromatic carbocycles. The van der Waals surface area contributed by atoms with Crippen molar-refractivity contribution < 1.29 is 0 Å². The van der Waals surface area contributed by atoms with Crippen LogP contribution in [0.5, 0.6) is 0 Å². The molecule has 1 aliphatic rings. The van der Waals surface area contributed by atoms with E-state index in [1.807, 2.05) is 12.3 Å². The second-order valence-electron chi connectivity index (χ2n) is 6.29. The van der Waals surface area contributed by atoms with Gasteiger partial charge in [-0.1, -0.05) is 32.3 Å². The van der Waals surface area contributed by atoms with E-state index in [4.69, 9.17) is 5.73 Å². The van der Waals surface area contributed by atoms with Gasteiger partial charge in [-0.05, 0) is 37.9 Å². The highest BCUT2D eigenvalue weighted by Crippen LogP contribution is 2.37. The quantitative estimate of drug-likeness (QED) is 0.868. The Balaban J connectivity index is 1.96. The van der Waals surface area contributed by atoms with Crippen LogP contribution in [-0.4, -0.2) is 35.6 Å². The highest BCUT2D eigenvalue weighted by atomic mass is 15.2.